The van der Waals surface area contributed by atoms with E-state index in [4.69, 9.17) is 5.73 Å². The Balaban J connectivity index is 2.31. The average Bonchev–Trinajstić information content (AvgIpc) is 3.04. The molecule has 0 saturated heterocycles. The number of nitrogens with one attached hydrogen (secondary N) is 1. The Kier molecular flexibility index (Phi) is 12.7. The number of rotatable bonds is 14. The van der Waals surface area contributed by atoms with E-state index in [1.54, 1.807) is 99.4 Å². The first-order chi connectivity index (χ1) is 25.5. The number of likely N-dealkylation sites (N-methyl/N-ethyl adjacent to an activating group) is 1. The average molecular weight is 782 g/mol. The van der Waals surface area contributed by atoms with E-state index in [2.05, 4.69) is 9.97 Å². The largest absolute Gasteiger partial charge is 0.481 e. The minimum atomic E-state index is -3.03. The van der Waals surface area contributed by atoms with Crippen molar-refractivity contribution >= 4 is 46.2 Å². The summed E-state index contributed by atoms with van der Waals surface area (Å²) < 4.78 is 16.3. The summed E-state index contributed by atoms with van der Waals surface area (Å²) in [4.78, 5) is 91.1. The third-order valence-electron chi connectivity index (χ3n) is 10.9. The lowest BCUT2D eigenvalue weighted by atomic mass is 9.37. The summed E-state index contributed by atoms with van der Waals surface area (Å²) >= 11 is 0. The molecule has 0 aliphatic rings. The van der Waals surface area contributed by atoms with E-state index in [1.165, 1.54) is 6.07 Å². The number of aromatic amines is 1. The van der Waals surface area contributed by atoms with Crippen molar-refractivity contribution in [3.05, 3.63) is 69.5 Å². The zero-order chi connectivity index (χ0) is 43.1. The maximum absolute atomic E-state index is 16.3. The van der Waals surface area contributed by atoms with Gasteiger partial charge in [0.1, 0.15) is 17.7 Å². The van der Waals surface area contributed by atoms with Crippen molar-refractivity contribution in [3.8, 4) is 0 Å². The van der Waals surface area contributed by atoms with Crippen molar-refractivity contribution in [1.82, 2.24) is 14.9 Å². The fourth-order valence-electron chi connectivity index (χ4n) is 9.20. The quantitative estimate of drug-likeness (QED) is 0.128. The number of amides is 1. The van der Waals surface area contributed by atoms with Crippen molar-refractivity contribution in [2.75, 3.05) is 19.0 Å². The third kappa shape index (κ3) is 7.91. The zero-order valence-electron chi connectivity index (χ0n) is 34.3. The number of ketones is 1. The second-order valence-corrected chi connectivity index (χ2v) is 17.8. The number of Topliss-reactive ketones (excluding diaryl/α,β-unsaturated/α-hetero) is 1. The summed E-state index contributed by atoms with van der Waals surface area (Å²) in [5, 5.41) is 32.5. The van der Waals surface area contributed by atoms with Crippen LogP contribution in [0.3, 0.4) is 0 Å². The number of hydrogen-bond acceptors (Lipinski definition) is 9. The number of aryl methyl sites for hydroxylation is 1. The Hall–Kier alpha value is -5.18. The monoisotopic (exact) mass is 781 g/mol. The second-order valence-electron chi connectivity index (χ2n) is 17.8. The van der Waals surface area contributed by atoms with Crippen LogP contribution in [0, 0.1) is 40.3 Å². The second kappa shape index (κ2) is 15.8. The predicted molar refractivity (Wildman–Crippen MR) is 210 cm³/mol. The number of anilines is 1. The van der Waals surface area contributed by atoms with Gasteiger partial charge in [0.15, 0.2) is 5.78 Å². The number of H-pyrrole nitrogens is 1. The van der Waals surface area contributed by atoms with Gasteiger partial charge in [-0.05, 0) is 65.5 Å². The molecule has 0 aliphatic carbocycles. The van der Waals surface area contributed by atoms with Crippen molar-refractivity contribution in [1.29, 1.82) is 0 Å². The molecule has 3 aromatic rings. The number of carbonyl (C=O) groups excluding carboxylic acids is 2. The number of aliphatic carboxylic acids is 3. The molecule has 0 fully saturated rings. The van der Waals surface area contributed by atoms with Crippen LogP contribution in [-0.4, -0.2) is 85.5 Å². The highest BCUT2D eigenvalue weighted by Crippen LogP contribution is 2.67. The Morgan fingerprint density at radius 3 is 1.91 bits per heavy atom. The summed E-state index contributed by atoms with van der Waals surface area (Å²) in [6, 6.07) is 7.24. The zero-order valence-corrected chi connectivity index (χ0v) is 34.3. The van der Waals surface area contributed by atoms with Gasteiger partial charge in [-0.1, -0.05) is 68.4 Å². The van der Waals surface area contributed by atoms with Crippen LogP contribution in [0.15, 0.2) is 41.2 Å². The topological polar surface area (TPSA) is 224 Å². The highest BCUT2D eigenvalue weighted by molar-refractivity contribution is 6.14. The van der Waals surface area contributed by atoms with Crippen LogP contribution in [0.4, 0.5) is 10.1 Å². The number of benzene rings is 2. The van der Waals surface area contributed by atoms with Crippen LogP contribution in [-0.2, 0) is 25.7 Å². The van der Waals surface area contributed by atoms with Gasteiger partial charge in [-0.25, -0.2) is 14.2 Å². The summed E-state index contributed by atoms with van der Waals surface area (Å²) in [5.41, 5.74) is -2.84. The Morgan fingerprint density at radius 1 is 0.875 bits per heavy atom. The molecule has 15 heteroatoms. The standard InChI is InChI=1S/C41H56FN5O9/c1-22-44-29-17-13-23(19-26(29)32(49)45-22)21-46(11)24-14-15-25(27(42)20-24)33(50)47(12)40(36(55)56,30(48)18-16-28(43)34(51)52)41(38(5,6)7,39(8,9)10)31(35(53)54)37(2,3)4/h13-15,17,19-20,28,31H,16,18,21,43H2,1-12H3,(H,51,52)(H,53,54)(H,55,56)(H,44,45,49)/t28-,31?,40+/m0/s1. The highest BCUT2D eigenvalue weighted by atomic mass is 19.1. The first-order valence-corrected chi connectivity index (χ1v) is 18.2. The van der Waals surface area contributed by atoms with Crippen molar-refractivity contribution in [2.24, 2.45) is 33.3 Å². The van der Waals surface area contributed by atoms with Crippen molar-refractivity contribution < 1.29 is 43.7 Å². The minimum Gasteiger partial charge on any atom is -0.481 e. The Labute approximate surface area is 326 Å². The molecule has 0 saturated carbocycles. The molecular formula is C41H56FN5O9. The highest BCUT2D eigenvalue weighted by Gasteiger charge is 2.77. The van der Waals surface area contributed by atoms with Gasteiger partial charge in [-0.15, -0.1) is 0 Å². The van der Waals surface area contributed by atoms with Crippen LogP contribution in [0.2, 0.25) is 0 Å². The molecule has 0 aliphatic heterocycles. The Bertz CT molecular complexity index is 2080. The number of hydrogen-bond donors (Lipinski definition) is 5. The van der Waals surface area contributed by atoms with Gasteiger partial charge in [0.25, 0.3) is 11.5 Å². The van der Waals surface area contributed by atoms with Crippen molar-refractivity contribution in [3.63, 3.8) is 0 Å². The molecule has 3 rings (SSSR count). The van der Waals surface area contributed by atoms with Gasteiger partial charge in [0.05, 0.1) is 22.4 Å². The number of nitrogens with two attached hydrogens (primary N) is 1. The molecule has 1 heterocycles. The van der Waals surface area contributed by atoms with Crippen LogP contribution >= 0.6 is 0 Å². The molecule has 3 atom stereocenters. The van der Waals surface area contributed by atoms with Gasteiger partial charge < -0.3 is 35.8 Å². The molecule has 306 valence electrons. The summed E-state index contributed by atoms with van der Waals surface area (Å²) in [6.07, 6.45) is -1.29. The van der Waals surface area contributed by atoms with E-state index in [0.29, 0.717) is 32.9 Å². The molecule has 14 nitrogen and oxygen atoms in total. The van der Waals surface area contributed by atoms with Gasteiger partial charge in [0.2, 0.25) is 5.54 Å². The lowest BCUT2D eigenvalue weighted by Gasteiger charge is -2.67. The molecule has 1 aromatic heterocycles. The lowest BCUT2D eigenvalue weighted by molar-refractivity contribution is -0.222. The predicted octanol–water partition coefficient (Wildman–Crippen LogP) is 5.49. The molecular weight excluding hydrogens is 725 g/mol. The molecule has 1 amide bonds. The van der Waals surface area contributed by atoms with E-state index in [9.17, 15) is 44.1 Å². The minimum absolute atomic E-state index is 0.216. The number of nitrogens with zero attached hydrogens (tertiary/aromatic N) is 3. The molecule has 0 bridgehead atoms. The SMILES string of the molecule is Cc1nc2ccc(CN(C)c3ccc(C(=O)N(C)[C@@](C(=O)O)(C(=O)CC[C@H](N)C(=O)O)C(C(C(=O)O)C(C)(C)C)(C(C)(C)C)C(C)(C)C)c(F)c3)cc2c(=O)[nH]1. The van der Waals surface area contributed by atoms with Gasteiger partial charge in [-0.3, -0.25) is 24.0 Å². The number of halogens is 1. The first-order valence-electron chi connectivity index (χ1n) is 18.2. The van der Waals surface area contributed by atoms with Crippen molar-refractivity contribution in [2.45, 2.75) is 100 Å². The van der Waals surface area contributed by atoms with Crippen LogP contribution in [0.1, 0.15) is 96.9 Å². The molecule has 0 radical (unpaired) electrons. The van der Waals surface area contributed by atoms with Gasteiger partial charge in [0, 0.05) is 38.2 Å². The van der Waals surface area contributed by atoms with Gasteiger partial charge in [-0.2, -0.15) is 0 Å². The molecule has 6 N–H and O–H groups in total. The fourth-order valence-corrected chi connectivity index (χ4v) is 9.20. The maximum atomic E-state index is 16.3. The summed E-state index contributed by atoms with van der Waals surface area (Å²) in [7, 11) is 2.70. The molecule has 2 aromatic carbocycles. The van der Waals surface area contributed by atoms with E-state index < -0.39 is 93.0 Å². The lowest BCUT2D eigenvalue weighted by Crippen LogP contribution is -2.79. The van der Waals surface area contributed by atoms with E-state index >= 15 is 4.39 Å². The Morgan fingerprint density at radius 2 is 1.45 bits per heavy atom. The molecule has 56 heavy (non-hydrogen) atoms. The number of aromatic nitrogens is 2. The van der Waals surface area contributed by atoms with Crippen LogP contribution in [0.25, 0.3) is 10.9 Å². The van der Waals surface area contributed by atoms with E-state index in [1.807, 2.05) is 0 Å². The van der Waals surface area contributed by atoms with Gasteiger partial charge >= 0.3 is 17.9 Å². The normalized spacial score (nSPS) is 14.8. The molecule has 0 spiro atoms. The number of carboxylic acids is 3. The fraction of sp³-hybridized carbons (Fsp3) is 0.537. The van der Waals surface area contributed by atoms with Crippen LogP contribution in [0.5, 0.6) is 0 Å². The maximum Gasteiger partial charge on any atom is 0.338 e. The smallest absolute Gasteiger partial charge is 0.338 e. The van der Waals surface area contributed by atoms with E-state index in [0.717, 1.165) is 19.2 Å². The van der Waals surface area contributed by atoms with Crippen LogP contribution < -0.4 is 16.2 Å². The number of carbonyl (C=O) groups is 5. The summed E-state index contributed by atoms with van der Waals surface area (Å²) in [6.45, 7) is 16.3. The van der Waals surface area contributed by atoms with E-state index in [-0.39, 0.29) is 12.1 Å². The molecule has 1 unspecified atom stereocenters. The third-order valence-corrected chi connectivity index (χ3v) is 10.9. The number of carboxylic acid groups (broad SMARTS) is 3. The summed E-state index contributed by atoms with van der Waals surface area (Å²) in [5.74, 6) is -9.34. The first kappa shape index (κ1) is 45.2. The number of fused-ring (bicyclic) bond motifs is 1.